The van der Waals surface area contributed by atoms with Crippen molar-refractivity contribution in [2.24, 2.45) is 5.92 Å². The van der Waals surface area contributed by atoms with Gasteiger partial charge in [-0.2, -0.15) is 12.6 Å². The summed E-state index contributed by atoms with van der Waals surface area (Å²) < 4.78 is 0. The second-order valence-corrected chi connectivity index (χ2v) is 3.37. The summed E-state index contributed by atoms with van der Waals surface area (Å²) in [5.41, 5.74) is 2.86. The first-order valence-corrected chi connectivity index (χ1v) is 4.34. The Morgan fingerprint density at radius 1 is 1.70 bits per heavy atom. The molecule has 1 heteroatoms. The zero-order valence-corrected chi connectivity index (χ0v) is 7.49. The topological polar surface area (TPSA) is 0 Å². The fourth-order valence-electron chi connectivity index (χ4n) is 1.46. The predicted octanol–water partition coefficient (Wildman–Crippen LogP) is 2.83. The Kier molecular flexibility index (Phi) is 2.61. The van der Waals surface area contributed by atoms with Gasteiger partial charge in [0.15, 0.2) is 0 Å². The molecule has 0 heterocycles. The molecule has 0 aromatic rings. The average molecular weight is 154 g/mol. The van der Waals surface area contributed by atoms with Crippen molar-refractivity contribution in [3.05, 3.63) is 23.3 Å². The van der Waals surface area contributed by atoms with E-state index in [-0.39, 0.29) is 0 Å². The summed E-state index contributed by atoms with van der Waals surface area (Å²) in [6, 6.07) is 0. The smallest absolute Gasteiger partial charge is 0.0116 e. The van der Waals surface area contributed by atoms with Crippen LogP contribution in [0.15, 0.2) is 23.3 Å². The Morgan fingerprint density at radius 2 is 2.40 bits per heavy atom. The monoisotopic (exact) mass is 154 g/mol. The van der Waals surface area contributed by atoms with Gasteiger partial charge in [0.2, 0.25) is 0 Å². The molecule has 0 nitrogen and oxygen atoms in total. The molecule has 10 heavy (non-hydrogen) atoms. The van der Waals surface area contributed by atoms with Gasteiger partial charge >= 0.3 is 0 Å². The summed E-state index contributed by atoms with van der Waals surface area (Å²) in [7, 11) is 0. The number of hydrogen-bond acceptors (Lipinski definition) is 1. The lowest BCUT2D eigenvalue weighted by atomic mass is 9.93. The third-order valence-corrected chi connectivity index (χ3v) is 2.17. The molecule has 0 aliphatic heterocycles. The Hall–Kier alpha value is -0.170. The maximum absolute atomic E-state index is 4.25. The van der Waals surface area contributed by atoms with Crippen molar-refractivity contribution in [2.75, 3.05) is 5.75 Å². The summed E-state index contributed by atoms with van der Waals surface area (Å²) in [6.07, 6.45) is 5.75. The number of allylic oxidation sites excluding steroid dienone is 3. The lowest BCUT2D eigenvalue weighted by Gasteiger charge is -2.15. The van der Waals surface area contributed by atoms with Gasteiger partial charge in [-0.05, 0) is 19.3 Å². The van der Waals surface area contributed by atoms with E-state index in [1.54, 1.807) is 0 Å². The maximum atomic E-state index is 4.25. The molecule has 0 saturated carbocycles. The highest BCUT2D eigenvalue weighted by atomic mass is 32.1. The number of hydrogen-bond donors (Lipinski definition) is 1. The predicted molar refractivity (Wildman–Crippen MR) is 49.5 cm³/mol. The van der Waals surface area contributed by atoms with E-state index in [9.17, 15) is 0 Å². The minimum absolute atomic E-state index is 0.715. The molecule has 1 rings (SSSR count). The molecule has 0 fully saturated rings. The molecule has 0 aromatic carbocycles. The lowest BCUT2D eigenvalue weighted by molar-refractivity contribution is 0.702. The minimum Gasteiger partial charge on any atom is -0.175 e. The van der Waals surface area contributed by atoms with Crippen molar-refractivity contribution in [1.29, 1.82) is 0 Å². The molecule has 56 valence electrons. The summed E-state index contributed by atoms with van der Waals surface area (Å²) in [5.74, 6) is 1.63. The van der Waals surface area contributed by atoms with Gasteiger partial charge < -0.3 is 0 Å². The van der Waals surface area contributed by atoms with Crippen LogP contribution in [0, 0.1) is 5.92 Å². The van der Waals surface area contributed by atoms with Crippen molar-refractivity contribution in [3.63, 3.8) is 0 Å². The van der Waals surface area contributed by atoms with Crippen LogP contribution < -0.4 is 0 Å². The fourth-order valence-corrected chi connectivity index (χ4v) is 1.68. The van der Waals surface area contributed by atoms with Crippen molar-refractivity contribution in [2.45, 2.75) is 20.3 Å². The van der Waals surface area contributed by atoms with Crippen LogP contribution >= 0.6 is 12.6 Å². The highest BCUT2D eigenvalue weighted by Gasteiger charge is 2.06. The minimum atomic E-state index is 0.715. The van der Waals surface area contributed by atoms with Crippen molar-refractivity contribution in [1.82, 2.24) is 0 Å². The zero-order valence-electron chi connectivity index (χ0n) is 6.59. The Bertz CT molecular complexity index is 177. The fraction of sp³-hybridized carbons (Fsp3) is 0.556. The van der Waals surface area contributed by atoms with Crippen LogP contribution in [-0.2, 0) is 0 Å². The van der Waals surface area contributed by atoms with Crippen LogP contribution in [0.5, 0.6) is 0 Å². The Morgan fingerprint density at radius 3 is 2.90 bits per heavy atom. The molecular weight excluding hydrogens is 140 g/mol. The summed E-state index contributed by atoms with van der Waals surface area (Å²) in [5, 5.41) is 0. The van der Waals surface area contributed by atoms with Crippen LogP contribution in [0.1, 0.15) is 20.3 Å². The Balaban J connectivity index is 2.70. The maximum Gasteiger partial charge on any atom is 0.0116 e. The third-order valence-electron chi connectivity index (χ3n) is 1.77. The van der Waals surface area contributed by atoms with E-state index in [0.717, 1.165) is 5.75 Å². The van der Waals surface area contributed by atoms with E-state index in [1.807, 2.05) is 0 Å². The lowest BCUT2D eigenvalue weighted by Crippen LogP contribution is -2.00. The summed E-state index contributed by atoms with van der Waals surface area (Å²) >= 11 is 4.25. The van der Waals surface area contributed by atoms with Gasteiger partial charge in [-0.25, -0.2) is 0 Å². The average Bonchev–Trinajstić information content (AvgIpc) is 1.85. The first-order chi connectivity index (χ1) is 4.72. The number of thiol groups is 1. The molecule has 1 aliphatic carbocycles. The molecule has 0 saturated heterocycles. The second kappa shape index (κ2) is 3.29. The molecule has 0 spiro atoms. The second-order valence-electron chi connectivity index (χ2n) is 3.05. The molecular formula is C9H14S. The largest absolute Gasteiger partial charge is 0.175 e. The van der Waals surface area contributed by atoms with Gasteiger partial charge in [-0.3, -0.25) is 0 Å². The van der Waals surface area contributed by atoms with E-state index in [2.05, 4.69) is 38.6 Å². The molecule has 1 aliphatic rings. The summed E-state index contributed by atoms with van der Waals surface area (Å²) in [6.45, 7) is 4.40. The van der Waals surface area contributed by atoms with Gasteiger partial charge in [0.05, 0.1) is 0 Å². The van der Waals surface area contributed by atoms with E-state index >= 15 is 0 Å². The molecule has 0 N–H and O–H groups in total. The van der Waals surface area contributed by atoms with Crippen molar-refractivity contribution >= 4 is 12.6 Å². The number of rotatable bonds is 1. The van der Waals surface area contributed by atoms with Gasteiger partial charge in [-0.1, -0.05) is 30.2 Å². The van der Waals surface area contributed by atoms with Crippen LogP contribution in [0.4, 0.5) is 0 Å². The first-order valence-electron chi connectivity index (χ1n) is 3.71. The molecule has 1 atom stereocenters. The standard InChI is InChI=1S/C9H14S/c1-7-3-8(2)5-9(4-7)6-10/h3-4,8,10H,5-6H2,1-2H3. The van der Waals surface area contributed by atoms with Gasteiger partial charge in [0, 0.05) is 5.75 Å². The SMILES string of the molecule is CC1=CC(C)CC(CS)=C1. The highest BCUT2D eigenvalue weighted by molar-refractivity contribution is 7.80. The van der Waals surface area contributed by atoms with Gasteiger partial charge in [0.1, 0.15) is 0 Å². The van der Waals surface area contributed by atoms with Crippen molar-refractivity contribution < 1.29 is 0 Å². The normalized spacial score (nSPS) is 25.7. The third kappa shape index (κ3) is 1.91. The van der Waals surface area contributed by atoms with E-state index in [1.165, 1.54) is 17.6 Å². The van der Waals surface area contributed by atoms with E-state index in [0.29, 0.717) is 5.92 Å². The molecule has 0 bridgehead atoms. The molecule has 0 amide bonds. The van der Waals surface area contributed by atoms with E-state index < -0.39 is 0 Å². The molecule has 1 unspecified atom stereocenters. The highest BCUT2D eigenvalue weighted by Crippen LogP contribution is 2.22. The van der Waals surface area contributed by atoms with Crippen LogP contribution in [0.3, 0.4) is 0 Å². The van der Waals surface area contributed by atoms with Crippen molar-refractivity contribution in [3.8, 4) is 0 Å². The molecule has 0 aromatic heterocycles. The quantitative estimate of drug-likeness (QED) is 0.552. The van der Waals surface area contributed by atoms with Gasteiger partial charge in [-0.15, -0.1) is 0 Å². The van der Waals surface area contributed by atoms with Gasteiger partial charge in [0.25, 0.3) is 0 Å². The van der Waals surface area contributed by atoms with Crippen LogP contribution in [0.2, 0.25) is 0 Å². The van der Waals surface area contributed by atoms with Crippen LogP contribution in [0.25, 0.3) is 0 Å². The first kappa shape index (κ1) is 7.93. The van der Waals surface area contributed by atoms with E-state index in [4.69, 9.17) is 0 Å². The van der Waals surface area contributed by atoms with Crippen LogP contribution in [-0.4, -0.2) is 5.75 Å². The molecule has 0 radical (unpaired) electrons. The zero-order chi connectivity index (χ0) is 7.56. The summed E-state index contributed by atoms with van der Waals surface area (Å²) in [4.78, 5) is 0. The Labute approximate surface area is 68.4 Å².